The van der Waals surface area contributed by atoms with Gasteiger partial charge in [-0.3, -0.25) is 4.79 Å². The van der Waals surface area contributed by atoms with Crippen molar-refractivity contribution in [3.05, 3.63) is 77.2 Å². The molecule has 8 heteroatoms. The van der Waals surface area contributed by atoms with Gasteiger partial charge in [0, 0.05) is 0 Å². The van der Waals surface area contributed by atoms with Gasteiger partial charge in [-0.05, 0) is 31.2 Å². The van der Waals surface area contributed by atoms with E-state index >= 15 is 0 Å². The van der Waals surface area contributed by atoms with E-state index in [1.165, 1.54) is 18.2 Å². The molecule has 2 aromatic carbocycles. The second kappa shape index (κ2) is 7.53. The third-order valence-corrected chi connectivity index (χ3v) is 3.81. The molecule has 27 heavy (non-hydrogen) atoms. The predicted molar refractivity (Wildman–Crippen MR) is 91.4 cm³/mol. The number of alkyl halides is 3. The zero-order valence-electron chi connectivity index (χ0n) is 14.2. The van der Waals surface area contributed by atoms with Crippen molar-refractivity contribution in [1.82, 2.24) is 5.16 Å². The number of para-hydroxylation sites is 2. The summed E-state index contributed by atoms with van der Waals surface area (Å²) in [5.74, 6) is 0.113. The third-order valence-electron chi connectivity index (χ3n) is 3.81. The molecule has 3 aromatic rings. The van der Waals surface area contributed by atoms with Crippen molar-refractivity contribution in [2.24, 2.45) is 0 Å². The Hall–Kier alpha value is -3.29. The van der Waals surface area contributed by atoms with Crippen molar-refractivity contribution >= 4 is 11.6 Å². The van der Waals surface area contributed by atoms with E-state index in [1.807, 2.05) is 6.07 Å². The van der Waals surface area contributed by atoms with Crippen LogP contribution < -0.4 is 10.1 Å². The molecule has 0 aliphatic heterocycles. The number of aryl methyl sites for hydroxylation is 1. The molecule has 1 N–H and O–H groups in total. The molecule has 0 unspecified atom stereocenters. The van der Waals surface area contributed by atoms with Crippen LogP contribution in [0, 0.1) is 6.92 Å². The van der Waals surface area contributed by atoms with Crippen molar-refractivity contribution in [2.45, 2.75) is 19.7 Å². The number of halogens is 3. The summed E-state index contributed by atoms with van der Waals surface area (Å²) in [5, 5.41) is 5.92. The van der Waals surface area contributed by atoms with Crippen LogP contribution in [-0.2, 0) is 12.8 Å². The van der Waals surface area contributed by atoms with Crippen LogP contribution >= 0.6 is 0 Å². The summed E-state index contributed by atoms with van der Waals surface area (Å²) in [6.45, 7) is 1.58. The van der Waals surface area contributed by atoms with Gasteiger partial charge in [0.15, 0.2) is 5.69 Å². The van der Waals surface area contributed by atoms with Crippen molar-refractivity contribution in [1.29, 1.82) is 0 Å². The number of carbonyl (C=O) groups is 1. The molecule has 1 aromatic heterocycles. The molecule has 0 bridgehead atoms. The topological polar surface area (TPSA) is 64.4 Å². The van der Waals surface area contributed by atoms with E-state index in [0.29, 0.717) is 17.1 Å². The largest absolute Gasteiger partial charge is 0.489 e. The maximum Gasteiger partial charge on any atom is 0.418 e. The molecule has 0 aliphatic carbocycles. The summed E-state index contributed by atoms with van der Waals surface area (Å²) in [6, 6.07) is 13.6. The number of ether oxygens (including phenoxy) is 1. The molecule has 5 nitrogen and oxygen atoms in total. The summed E-state index contributed by atoms with van der Waals surface area (Å²) in [6.07, 6.45) is -4.59. The summed E-state index contributed by atoms with van der Waals surface area (Å²) in [5.41, 5.74) is -1.06. The maximum absolute atomic E-state index is 13.1. The molecule has 0 radical (unpaired) electrons. The normalized spacial score (nSPS) is 11.3. The number of rotatable bonds is 5. The van der Waals surface area contributed by atoms with Gasteiger partial charge in [0.1, 0.15) is 18.1 Å². The summed E-state index contributed by atoms with van der Waals surface area (Å²) < 4.78 is 49.9. The lowest BCUT2D eigenvalue weighted by Crippen LogP contribution is -2.18. The highest BCUT2D eigenvalue weighted by atomic mass is 19.4. The summed E-state index contributed by atoms with van der Waals surface area (Å²) in [7, 11) is 0. The van der Waals surface area contributed by atoms with Crippen molar-refractivity contribution in [3.63, 3.8) is 0 Å². The van der Waals surface area contributed by atoms with Gasteiger partial charge in [-0.15, -0.1) is 0 Å². The van der Waals surface area contributed by atoms with Gasteiger partial charge < -0.3 is 14.6 Å². The van der Waals surface area contributed by atoms with E-state index in [1.54, 1.807) is 31.2 Å². The Morgan fingerprint density at radius 3 is 2.48 bits per heavy atom. The molecule has 0 fully saturated rings. The van der Waals surface area contributed by atoms with Gasteiger partial charge in [-0.1, -0.05) is 35.5 Å². The quantitative estimate of drug-likeness (QED) is 0.693. The first kappa shape index (κ1) is 18.5. The molecule has 0 saturated carbocycles. The number of carbonyl (C=O) groups excluding carboxylic acids is 1. The second-order valence-electron chi connectivity index (χ2n) is 5.67. The lowest BCUT2D eigenvalue weighted by molar-refractivity contribution is -0.136. The fourth-order valence-electron chi connectivity index (χ4n) is 2.43. The van der Waals surface area contributed by atoms with Crippen LogP contribution in [0.5, 0.6) is 5.75 Å². The lowest BCUT2D eigenvalue weighted by Gasteiger charge is -2.13. The van der Waals surface area contributed by atoms with Crippen LogP contribution in [0.1, 0.15) is 27.4 Å². The Kier molecular flexibility index (Phi) is 5.16. The minimum Gasteiger partial charge on any atom is -0.489 e. The molecule has 140 valence electrons. The smallest absolute Gasteiger partial charge is 0.418 e. The maximum atomic E-state index is 13.1. The van der Waals surface area contributed by atoms with Gasteiger partial charge in [0.05, 0.1) is 16.8 Å². The third kappa shape index (κ3) is 4.28. The number of nitrogens with one attached hydrogen (secondary N) is 1. The molecule has 1 amide bonds. The molecular weight excluding hydrogens is 361 g/mol. The van der Waals surface area contributed by atoms with Crippen LogP contribution in [-0.4, -0.2) is 11.1 Å². The van der Waals surface area contributed by atoms with E-state index in [0.717, 1.165) is 6.07 Å². The van der Waals surface area contributed by atoms with E-state index < -0.39 is 17.6 Å². The highest BCUT2D eigenvalue weighted by molar-refractivity contribution is 6.04. The van der Waals surface area contributed by atoms with E-state index in [4.69, 9.17) is 9.26 Å². The van der Waals surface area contributed by atoms with Crippen molar-refractivity contribution in [3.8, 4) is 5.75 Å². The van der Waals surface area contributed by atoms with Crippen LogP contribution in [0.15, 0.2) is 59.1 Å². The molecule has 1 heterocycles. The Balaban J connectivity index is 1.81. The van der Waals surface area contributed by atoms with Gasteiger partial charge in [-0.25, -0.2) is 0 Å². The summed E-state index contributed by atoms with van der Waals surface area (Å²) >= 11 is 0. The average Bonchev–Trinajstić information content (AvgIpc) is 3.01. The van der Waals surface area contributed by atoms with Gasteiger partial charge in [0.25, 0.3) is 5.91 Å². The SMILES string of the molecule is Cc1onc(C(=O)Nc2ccccc2C(F)(F)F)c1COc1ccccc1. The zero-order valence-corrected chi connectivity index (χ0v) is 14.2. The first-order valence-corrected chi connectivity index (χ1v) is 7.97. The van der Waals surface area contributed by atoms with Gasteiger partial charge in [0.2, 0.25) is 0 Å². The molecule has 0 aliphatic rings. The monoisotopic (exact) mass is 376 g/mol. The number of amides is 1. The van der Waals surface area contributed by atoms with Crippen LogP contribution in [0.4, 0.5) is 18.9 Å². The molecular formula is C19H15F3N2O3. The van der Waals surface area contributed by atoms with Crippen molar-refractivity contribution in [2.75, 3.05) is 5.32 Å². The van der Waals surface area contributed by atoms with Crippen molar-refractivity contribution < 1.29 is 27.2 Å². The van der Waals surface area contributed by atoms with Gasteiger partial charge >= 0.3 is 6.18 Å². The average molecular weight is 376 g/mol. The Morgan fingerprint density at radius 2 is 1.78 bits per heavy atom. The predicted octanol–water partition coefficient (Wildman–Crippen LogP) is 4.83. The molecule has 0 spiro atoms. The number of anilines is 1. The van der Waals surface area contributed by atoms with E-state index in [9.17, 15) is 18.0 Å². The number of hydrogen-bond acceptors (Lipinski definition) is 4. The molecule has 0 atom stereocenters. The highest BCUT2D eigenvalue weighted by Gasteiger charge is 2.34. The molecule has 3 rings (SSSR count). The Morgan fingerprint density at radius 1 is 1.11 bits per heavy atom. The lowest BCUT2D eigenvalue weighted by atomic mass is 10.1. The van der Waals surface area contributed by atoms with Crippen LogP contribution in [0.25, 0.3) is 0 Å². The fraction of sp³-hybridized carbons (Fsp3) is 0.158. The van der Waals surface area contributed by atoms with Gasteiger partial charge in [-0.2, -0.15) is 13.2 Å². The van der Waals surface area contributed by atoms with Crippen LogP contribution in [0.3, 0.4) is 0 Å². The minimum absolute atomic E-state index is 0.0109. The number of nitrogens with zero attached hydrogens (tertiary/aromatic N) is 1. The number of aromatic nitrogens is 1. The second-order valence-corrected chi connectivity index (χ2v) is 5.67. The Bertz CT molecular complexity index is 937. The summed E-state index contributed by atoms with van der Waals surface area (Å²) in [4.78, 5) is 12.5. The molecule has 0 saturated heterocycles. The van der Waals surface area contributed by atoms with E-state index in [2.05, 4.69) is 10.5 Å². The van der Waals surface area contributed by atoms with Crippen LogP contribution in [0.2, 0.25) is 0 Å². The first-order chi connectivity index (χ1) is 12.9. The Labute approximate surface area is 152 Å². The zero-order chi connectivity index (χ0) is 19.4. The number of hydrogen-bond donors (Lipinski definition) is 1. The number of benzene rings is 2. The van der Waals surface area contributed by atoms with E-state index in [-0.39, 0.29) is 18.0 Å². The first-order valence-electron chi connectivity index (χ1n) is 7.97. The fourth-order valence-corrected chi connectivity index (χ4v) is 2.43. The minimum atomic E-state index is -4.59. The highest BCUT2D eigenvalue weighted by Crippen LogP contribution is 2.34. The standard InChI is InChI=1S/C19H15F3N2O3/c1-12-14(11-26-13-7-3-2-4-8-13)17(24-27-12)18(25)23-16-10-6-5-9-15(16)19(20,21)22/h2-10H,11H2,1H3,(H,23,25).